The molecular formula is C21H35Cl2N3O. The molecule has 0 spiro atoms. The van der Waals surface area contributed by atoms with Crippen LogP contribution in [0.1, 0.15) is 62.5 Å². The molecule has 1 aromatic rings. The van der Waals surface area contributed by atoms with Crippen molar-refractivity contribution in [2.45, 2.75) is 70.5 Å². The van der Waals surface area contributed by atoms with Crippen LogP contribution in [-0.4, -0.2) is 29.9 Å². The summed E-state index contributed by atoms with van der Waals surface area (Å²) >= 11 is 0. The Morgan fingerprint density at radius 1 is 0.963 bits per heavy atom. The van der Waals surface area contributed by atoms with Gasteiger partial charge in [-0.15, -0.1) is 24.8 Å². The average molecular weight is 416 g/mol. The van der Waals surface area contributed by atoms with Crippen molar-refractivity contribution in [2.24, 2.45) is 11.7 Å². The molecule has 0 bridgehead atoms. The Hall–Kier alpha value is -0.810. The molecule has 1 heterocycles. The molecule has 2 atom stereocenters. The minimum atomic E-state index is 0. The van der Waals surface area contributed by atoms with Gasteiger partial charge in [0.2, 0.25) is 5.91 Å². The summed E-state index contributed by atoms with van der Waals surface area (Å²) in [5.74, 6) is 0.506. The highest BCUT2D eigenvalue weighted by Crippen LogP contribution is 2.26. The summed E-state index contributed by atoms with van der Waals surface area (Å²) in [5, 5.41) is 3.05. The highest BCUT2D eigenvalue weighted by molar-refractivity contribution is 5.85. The van der Waals surface area contributed by atoms with Crippen LogP contribution in [0.25, 0.3) is 0 Å². The number of halogens is 2. The number of carbonyl (C=O) groups excluding carboxylic acids is 1. The van der Waals surface area contributed by atoms with Gasteiger partial charge in [-0.1, -0.05) is 43.5 Å². The topological polar surface area (TPSA) is 58.4 Å². The maximum Gasteiger partial charge on any atom is 0.220 e. The number of nitrogens with two attached hydrogens (primary N) is 1. The van der Waals surface area contributed by atoms with Crippen molar-refractivity contribution < 1.29 is 4.79 Å². The molecule has 1 amide bonds. The van der Waals surface area contributed by atoms with E-state index in [0.717, 1.165) is 25.8 Å². The predicted octanol–water partition coefficient (Wildman–Crippen LogP) is 4.04. The van der Waals surface area contributed by atoms with Crippen molar-refractivity contribution in [2.75, 3.05) is 13.1 Å². The van der Waals surface area contributed by atoms with Crippen LogP contribution in [0.15, 0.2) is 24.3 Å². The third-order valence-electron chi connectivity index (χ3n) is 5.78. The van der Waals surface area contributed by atoms with Gasteiger partial charge in [-0.2, -0.15) is 0 Å². The van der Waals surface area contributed by atoms with E-state index >= 15 is 0 Å². The number of likely N-dealkylation sites (tertiary alicyclic amines) is 1. The maximum absolute atomic E-state index is 12.1. The molecule has 1 aliphatic carbocycles. The highest BCUT2D eigenvalue weighted by Gasteiger charge is 2.25. The Balaban J connectivity index is 0.00000182. The minimum absolute atomic E-state index is 0. The molecule has 2 fully saturated rings. The Bertz CT molecular complexity index is 545. The Labute approximate surface area is 176 Å². The molecule has 1 saturated heterocycles. The lowest BCUT2D eigenvalue weighted by molar-refractivity contribution is -0.122. The van der Waals surface area contributed by atoms with Crippen LogP contribution in [-0.2, 0) is 17.9 Å². The lowest BCUT2D eigenvalue weighted by Crippen LogP contribution is -2.31. The molecule has 27 heavy (non-hydrogen) atoms. The van der Waals surface area contributed by atoms with Gasteiger partial charge >= 0.3 is 0 Å². The van der Waals surface area contributed by atoms with Gasteiger partial charge in [0.1, 0.15) is 0 Å². The SMILES string of the molecule is Cl.Cl.N[C@@H]1CCC[C@H]1CC(=O)NCc1ccc(CN2CCCCCC2)cc1. The summed E-state index contributed by atoms with van der Waals surface area (Å²) in [6, 6.07) is 8.92. The first-order valence-electron chi connectivity index (χ1n) is 10.0. The average Bonchev–Trinajstić information content (AvgIpc) is 2.85. The lowest BCUT2D eigenvalue weighted by atomic mass is 10.00. The van der Waals surface area contributed by atoms with Crippen molar-refractivity contribution in [3.8, 4) is 0 Å². The minimum Gasteiger partial charge on any atom is -0.352 e. The first-order valence-corrected chi connectivity index (χ1v) is 10.0. The smallest absolute Gasteiger partial charge is 0.220 e. The second-order valence-corrected chi connectivity index (χ2v) is 7.84. The highest BCUT2D eigenvalue weighted by atomic mass is 35.5. The van der Waals surface area contributed by atoms with E-state index in [4.69, 9.17) is 5.73 Å². The predicted molar refractivity (Wildman–Crippen MR) is 116 cm³/mol. The molecular weight excluding hydrogens is 381 g/mol. The van der Waals surface area contributed by atoms with Crippen LogP contribution < -0.4 is 11.1 Å². The summed E-state index contributed by atoms with van der Waals surface area (Å²) in [6.45, 7) is 4.11. The zero-order valence-corrected chi connectivity index (χ0v) is 17.8. The monoisotopic (exact) mass is 415 g/mol. The van der Waals surface area contributed by atoms with Gasteiger partial charge < -0.3 is 11.1 Å². The summed E-state index contributed by atoms with van der Waals surface area (Å²) in [7, 11) is 0. The van der Waals surface area contributed by atoms with E-state index in [-0.39, 0.29) is 36.8 Å². The van der Waals surface area contributed by atoms with Crippen molar-refractivity contribution >= 4 is 30.7 Å². The Kier molecular flexibility index (Phi) is 11.3. The van der Waals surface area contributed by atoms with Crippen molar-refractivity contribution in [3.63, 3.8) is 0 Å². The fraction of sp³-hybridized carbons (Fsp3) is 0.667. The molecule has 0 unspecified atom stereocenters. The summed E-state index contributed by atoms with van der Waals surface area (Å²) in [5.41, 5.74) is 8.59. The fourth-order valence-electron chi connectivity index (χ4n) is 4.14. The summed E-state index contributed by atoms with van der Waals surface area (Å²) < 4.78 is 0. The van der Waals surface area contributed by atoms with Gasteiger partial charge in [-0.25, -0.2) is 0 Å². The summed E-state index contributed by atoms with van der Waals surface area (Å²) in [4.78, 5) is 14.7. The molecule has 0 radical (unpaired) electrons. The number of benzene rings is 1. The zero-order valence-electron chi connectivity index (χ0n) is 16.2. The number of hydrogen-bond donors (Lipinski definition) is 2. The maximum atomic E-state index is 12.1. The number of nitrogens with zero attached hydrogens (tertiary/aromatic N) is 1. The third-order valence-corrected chi connectivity index (χ3v) is 5.78. The molecule has 3 N–H and O–H groups in total. The quantitative estimate of drug-likeness (QED) is 0.736. The molecule has 0 aromatic heterocycles. The number of carbonyl (C=O) groups is 1. The van der Waals surface area contributed by atoms with Crippen LogP contribution in [0.3, 0.4) is 0 Å². The van der Waals surface area contributed by atoms with Crippen LogP contribution in [0, 0.1) is 5.92 Å². The van der Waals surface area contributed by atoms with E-state index in [0.29, 0.717) is 18.9 Å². The second kappa shape index (κ2) is 12.6. The Morgan fingerprint density at radius 3 is 2.19 bits per heavy atom. The summed E-state index contributed by atoms with van der Waals surface area (Å²) in [6.07, 6.45) is 9.31. The van der Waals surface area contributed by atoms with E-state index < -0.39 is 0 Å². The van der Waals surface area contributed by atoms with Crippen molar-refractivity contribution in [3.05, 3.63) is 35.4 Å². The van der Waals surface area contributed by atoms with Crippen LogP contribution in [0.4, 0.5) is 0 Å². The Morgan fingerprint density at radius 2 is 1.59 bits per heavy atom. The first kappa shape index (κ1) is 24.2. The van der Waals surface area contributed by atoms with E-state index in [1.165, 1.54) is 49.9 Å². The lowest BCUT2D eigenvalue weighted by Gasteiger charge is -2.20. The van der Waals surface area contributed by atoms with Gasteiger partial charge in [0.05, 0.1) is 0 Å². The molecule has 154 valence electrons. The largest absolute Gasteiger partial charge is 0.352 e. The molecule has 1 aromatic carbocycles. The van der Waals surface area contributed by atoms with E-state index in [9.17, 15) is 4.79 Å². The van der Waals surface area contributed by atoms with Gasteiger partial charge in [0.15, 0.2) is 0 Å². The molecule has 6 heteroatoms. The van der Waals surface area contributed by atoms with E-state index in [1.54, 1.807) is 0 Å². The molecule has 3 rings (SSSR count). The third kappa shape index (κ3) is 7.98. The van der Waals surface area contributed by atoms with Crippen molar-refractivity contribution in [1.82, 2.24) is 10.2 Å². The zero-order chi connectivity index (χ0) is 17.5. The molecule has 1 saturated carbocycles. The van der Waals surface area contributed by atoms with Gasteiger partial charge in [-0.05, 0) is 55.8 Å². The van der Waals surface area contributed by atoms with Crippen LogP contribution in [0.5, 0.6) is 0 Å². The van der Waals surface area contributed by atoms with E-state index in [1.807, 2.05) is 0 Å². The van der Waals surface area contributed by atoms with Gasteiger partial charge in [-0.3, -0.25) is 9.69 Å². The number of amides is 1. The number of hydrogen-bond acceptors (Lipinski definition) is 3. The van der Waals surface area contributed by atoms with E-state index in [2.05, 4.69) is 34.5 Å². The van der Waals surface area contributed by atoms with Crippen molar-refractivity contribution in [1.29, 1.82) is 0 Å². The molecule has 1 aliphatic heterocycles. The fourth-order valence-corrected chi connectivity index (χ4v) is 4.14. The number of rotatable bonds is 6. The van der Waals surface area contributed by atoms with Crippen LogP contribution >= 0.6 is 24.8 Å². The first-order chi connectivity index (χ1) is 12.2. The normalized spacial score (nSPS) is 23.0. The second-order valence-electron chi connectivity index (χ2n) is 7.84. The van der Waals surface area contributed by atoms with Gasteiger partial charge in [0.25, 0.3) is 0 Å². The standard InChI is InChI=1S/C21H33N3O.2ClH/c22-20-7-5-6-19(20)14-21(25)23-15-17-8-10-18(11-9-17)16-24-12-3-1-2-4-13-24;;/h8-11,19-20H,1-7,12-16,22H2,(H,23,25);2*1H/t19-,20+;;/m0../s1. The number of nitrogens with one attached hydrogen (secondary N) is 1. The van der Waals surface area contributed by atoms with Crippen LogP contribution in [0.2, 0.25) is 0 Å². The van der Waals surface area contributed by atoms with Gasteiger partial charge in [0, 0.05) is 25.6 Å². The molecule has 4 nitrogen and oxygen atoms in total. The molecule has 2 aliphatic rings.